The van der Waals surface area contributed by atoms with Gasteiger partial charge in [0.15, 0.2) is 6.29 Å². The third kappa shape index (κ3) is 5.07. The minimum absolute atomic E-state index is 0.146. The molecule has 0 radical (unpaired) electrons. The summed E-state index contributed by atoms with van der Waals surface area (Å²) >= 11 is 0. The molecule has 0 spiro atoms. The molecule has 5 rings (SSSR count). The van der Waals surface area contributed by atoms with E-state index in [-0.39, 0.29) is 23.5 Å². The van der Waals surface area contributed by atoms with E-state index >= 15 is 8.78 Å². The van der Waals surface area contributed by atoms with E-state index in [4.69, 9.17) is 9.47 Å². The molecular formula is C30H32F3NO3. The van der Waals surface area contributed by atoms with Crippen LogP contribution in [0.4, 0.5) is 18.9 Å². The van der Waals surface area contributed by atoms with E-state index < -0.39 is 24.1 Å². The maximum Gasteiger partial charge on any atom is 0.274 e. The second-order valence-corrected chi connectivity index (χ2v) is 10.1. The molecule has 3 aromatic carbocycles. The summed E-state index contributed by atoms with van der Waals surface area (Å²) in [5.74, 6) is -4.25. The zero-order valence-electron chi connectivity index (χ0n) is 21.0. The Morgan fingerprint density at radius 1 is 0.892 bits per heavy atom. The number of phenols is 1. The minimum Gasteiger partial charge on any atom is -0.508 e. The van der Waals surface area contributed by atoms with Crippen molar-refractivity contribution in [2.75, 3.05) is 32.2 Å². The Hall–Kier alpha value is -3.03. The number of ether oxygens (including phenoxy) is 2. The van der Waals surface area contributed by atoms with E-state index in [0.29, 0.717) is 17.0 Å². The SMILES string of the molecule is COC(OC)C1CCN(c2ccc([C@H]3c4ccc(O)cc4C(F)(F)C[C@H]3c3ccc(F)cc3)cc2)CC1. The molecule has 1 aliphatic carbocycles. The summed E-state index contributed by atoms with van der Waals surface area (Å²) in [6.07, 6.45) is 1.29. The highest BCUT2D eigenvalue weighted by atomic mass is 19.3. The van der Waals surface area contributed by atoms with Crippen molar-refractivity contribution in [3.8, 4) is 5.75 Å². The summed E-state index contributed by atoms with van der Waals surface area (Å²) in [4.78, 5) is 2.32. The van der Waals surface area contributed by atoms with Crippen LogP contribution in [0.2, 0.25) is 0 Å². The number of alkyl halides is 2. The molecule has 37 heavy (non-hydrogen) atoms. The molecule has 2 aliphatic rings. The van der Waals surface area contributed by atoms with Gasteiger partial charge in [-0.05, 0) is 65.9 Å². The minimum atomic E-state index is -3.11. The molecule has 7 heteroatoms. The van der Waals surface area contributed by atoms with Gasteiger partial charge in [-0.1, -0.05) is 30.3 Å². The van der Waals surface area contributed by atoms with Crippen molar-refractivity contribution >= 4 is 5.69 Å². The lowest BCUT2D eigenvalue weighted by Crippen LogP contribution is -2.39. The van der Waals surface area contributed by atoms with Crippen molar-refractivity contribution < 1.29 is 27.8 Å². The van der Waals surface area contributed by atoms with Gasteiger partial charge in [-0.3, -0.25) is 0 Å². The first kappa shape index (κ1) is 25.6. The van der Waals surface area contributed by atoms with Crippen LogP contribution in [0.3, 0.4) is 0 Å². The van der Waals surface area contributed by atoms with Gasteiger partial charge >= 0.3 is 0 Å². The fourth-order valence-electron chi connectivity index (χ4n) is 6.09. The topological polar surface area (TPSA) is 41.9 Å². The number of anilines is 1. The molecule has 0 unspecified atom stereocenters. The number of halogens is 3. The molecule has 1 fully saturated rings. The first-order valence-corrected chi connectivity index (χ1v) is 12.7. The lowest BCUT2D eigenvalue weighted by atomic mass is 9.68. The second-order valence-electron chi connectivity index (χ2n) is 10.1. The van der Waals surface area contributed by atoms with Crippen LogP contribution in [0.5, 0.6) is 5.75 Å². The van der Waals surface area contributed by atoms with Gasteiger partial charge in [0.2, 0.25) is 0 Å². The number of nitrogens with zero attached hydrogens (tertiary/aromatic N) is 1. The number of fused-ring (bicyclic) bond motifs is 1. The molecule has 4 nitrogen and oxygen atoms in total. The molecule has 0 amide bonds. The Morgan fingerprint density at radius 3 is 2.14 bits per heavy atom. The Kier molecular flexibility index (Phi) is 7.19. The summed E-state index contributed by atoms with van der Waals surface area (Å²) in [5.41, 5.74) is 3.00. The molecule has 1 heterocycles. The Morgan fingerprint density at radius 2 is 1.51 bits per heavy atom. The molecule has 0 bridgehead atoms. The van der Waals surface area contributed by atoms with E-state index in [1.165, 1.54) is 24.3 Å². The molecule has 0 saturated carbocycles. The summed E-state index contributed by atoms with van der Waals surface area (Å²) < 4.78 is 55.2. The van der Waals surface area contributed by atoms with Crippen molar-refractivity contribution in [3.05, 3.63) is 94.8 Å². The predicted octanol–water partition coefficient (Wildman–Crippen LogP) is 6.78. The Labute approximate surface area is 215 Å². The summed E-state index contributed by atoms with van der Waals surface area (Å²) in [5, 5.41) is 9.96. The number of hydrogen-bond acceptors (Lipinski definition) is 4. The highest BCUT2D eigenvalue weighted by molar-refractivity contribution is 5.53. The number of rotatable bonds is 6. The van der Waals surface area contributed by atoms with Crippen LogP contribution in [0, 0.1) is 11.7 Å². The van der Waals surface area contributed by atoms with Gasteiger partial charge in [-0.15, -0.1) is 0 Å². The second kappa shape index (κ2) is 10.4. The summed E-state index contributed by atoms with van der Waals surface area (Å²) in [6, 6.07) is 18.2. The number of methoxy groups -OCH3 is 2. The third-order valence-electron chi connectivity index (χ3n) is 7.95. The van der Waals surface area contributed by atoms with Gasteiger partial charge in [-0.25, -0.2) is 13.2 Å². The van der Waals surface area contributed by atoms with Crippen molar-refractivity contribution in [2.45, 2.75) is 43.3 Å². The number of piperidine rings is 1. The number of benzene rings is 3. The number of phenolic OH excluding ortho intramolecular Hbond substituents is 1. The highest BCUT2D eigenvalue weighted by Crippen LogP contribution is 2.55. The van der Waals surface area contributed by atoms with Gasteiger partial charge in [0.25, 0.3) is 5.92 Å². The fraction of sp³-hybridized carbons (Fsp3) is 0.400. The van der Waals surface area contributed by atoms with Crippen LogP contribution in [-0.4, -0.2) is 38.7 Å². The Balaban J connectivity index is 1.46. The maximum atomic E-state index is 15.3. The standard InChI is InChI=1S/C30H32F3NO3/c1-36-29(37-2)21-13-15-34(16-14-21)23-9-5-20(6-10-23)28-25-12-11-24(35)17-27(25)30(32,33)18-26(28)19-3-7-22(31)8-4-19/h3-12,17,21,26,28-29,35H,13-16,18H2,1-2H3/t26-,28-/m0/s1. The van der Waals surface area contributed by atoms with Gasteiger partial charge in [0.1, 0.15) is 11.6 Å². The molecule has 1 N–H and O–H groups in total. The van der Waals surface area contributed by atoms with Crippen LogP contribution in [0.15, 0.2) is 66.7 Å². The lowest BCUT2D eigenvalue weighted by Gasteiger charge is -2.39. The highest BCUT2D eigenvalue weighted by Gasteiger charge is 2.47. The van der Waals surface area contributed by atoms with Gasteiger partial charge < -0.3 is 19.5 Å². The van der Waals surface area contributed by atoms with E-state index in [0.717, 1.165) is 37.2 Å². The number of hydrogen-bond donors (Lipinski definition) is 1. The fourth-order valence-corrected chi connectivity index (χ4v) is 6.09. The van der Waals surface area contributed by atoms with Crippen LogP contribution in [-0.2, 0) is 15.4 Å². The van der Waals surface area contributed by atoms with Crippen LogP contribution in [0.25, 0.3) is 0 Å². The van der Waals surface area contributed by atoms with Crippen molar-refractivity contribution in [2.24, 2.45) is 5.92 Å². The smallest absolute Gasteiger partial charge is 0.274 e. The van der Waals surface area contributed by atoms with Gasteiger partial charge in [-0.2, -0.15) is 0 Å². The molecule has 1 aliphatic heterocycles. The van der Waals surface area contributed by atoms with Crippen LogP contribution in [0.1, 0.15) is 53.4 Å². The quantitative estimate of drug-likeness (QED) is 0.371. The van der Waals surface area contributed by atoms with E-state index in [2.05, 4.69) is 4.90 Å². The maximum absolute atomic E-state index is 15.3. The van der Waals surface area contributed by atoms with E-state index in [9.17, 15) is 9.50 Å². The average molecular weight is 512 g/mol. The summed E-state index contributed by atoms with van der Waals surface area (Å²) in [6.45, 7) is 1.76. The molecule has 196 valence electrons. The van der Waals surface area contributed by atoms with Crippen LogP contribution < -0.4 is 4.90 Å². The largest absolute Gasteiger partial charge is 0.508 e. The average Bonchev–Trinajstić information content (AvgIpc) is 2.90. The van der Waals surface area contributed by atoms with E-state index in [1.54, 1.807) is 32.4 Å². The molecule has 0 aromatic heterocycles. The zero-order chi connectivity index (χ0) is 26.2. The normalized spacial score (nSPS) is 21.7. The van der Waals surface area contributed by atoms with Crippen molar-refractivity contribution in [3.63, 3.8) is 0 Å². The molecule has 1 saturated heterocycles. The van der Waals surface area contributed by atoms with Gasteiger partial charge in [0.05, 0.1) is 0 Å². The van der Waals surface area contributed by atoms with Crippen molar-refractivity contribution in [1.29, 1.82) is 0 Å². The number of aromatic hydroxyl groups is 1. The first-order chi connectivity index (χ1) is 17.8. The molecule has 3 aromatic rings. The predicted molar refractivity (Wildman–Crippen MR) is 137 cm³/mol. The van der Waals surface area contributed by atoms with Crippen molar-refractivity contribution in [1.82, 2.24) is 0 Å². The molecule has 2 atom stereocenters. The first-order valence-electron chi connectivity index (χ1n) is 12.7. The molecular weight excluding hydrogens is 479 g/mol. The summed E-state index contributed by atoms with van der Waals surface area (Å²) in [7, 11) is 3.33. The van der Waals surface area contributed by atoms with E-state index in [1.807, 2.05) is 24.3 Å². The Bertz CT molecular complexity index is 1200. The lowest BCUT2D eigenvalue weighted by molar-refractivity contribution is -0.141. The zero-order valence-corrected chi connectivity index (χ0v) is 21.0. The van der Waals surface area contributed by atoms with Gasteiger partial charge in [0, 0.05) is 62.7 Å². The van der Waals surface area contributed by atoms with Crippen LogP contribution >= 0.6 is 0 Å². The third-order valence-corrected chi connectivity index (χ3v) is 7.95. The monoisotopic (exact) mass is 511 g/mol.